The predicted molar refractivity (Wildman–Crippen MR) is 131 cm³/mol. The van der Waals surface area contributed by atoms with Gasteiger partial charge in [0.15, 0.2) is 5.71 Å². The van der Waals surface area contributed by atoms with Crippen molar-refractivity contribution in [3.63, 3.8) is 0 Å². The van der Waals surface area contributed by atoms with Crippen LogP contribution < -0.4 is 26.8 Å². The number of primary amides is 1. The van der Waals surface area contributed by atoms with Crippen molar-refractivity contribution >= 4 is 51.8 Å². The molecule has 1 heterocycles. The van der Waals surface area contributed by atoms with E-state index in [-0.39, 0.29) is 28.2 Å². The topological polar surface area (TPSA) is 238 Å². The predicted octanol–water partition coefficient (Wildman–Crippen LogP) is 0.329. The van der Waals surface area contributed by atoms with Crippen molar-refractivity contribution in [3.8, 4) is 5.75 Å². The van der Waals surface area contributed by atoms with E-state index in [1.54, 1.807) is 17.6 Å². The number of aromatic amines is 1. The maximum Gasteiger partial charge on any atom is 0.355 e. The lowest BCUT2D eigenvalue weighted by molar-refractivity contribution is -0.384. The third-order valence-corrected chi connectivity index (χ3v) is 4.98. The number of fused-ring (bicyclic) bond motifs is 1. The number of benzene rings is 2. The highest BCUT2D eigenvalue weighted by Crippen LogP contribution is 2.25. The van der Waals surface area contributed by atoms with Gasteiger partial charge in [-0.15, -0.1) is 0 Å². The minimum atomic E-state index is -2.10. The summed E-state index contributed by atoms with van der Waals surface area (Å²) in [5, 5.41) is 16.9. The largest absolute Gasteiger partial charge is 0.495 e. The Morgan fingerprint density at radius 2 is 1.87 bits per heavy atom. The Morgan fingerprint density at radius 3 is 2.50 bits per heavy atom. The number of Topliss-reactive ketones (excluding diaryl/α,β-unsaturated/α-hetero) is 1. The van der Waals surface area contributed by atoms with E-state index in [9.17, 15) is 34.1 Å². The van der Waals surface area contributed by atoms with Crippen LogP contribution in [-0.4, -0.2) is 58.5 Å². The van der Waals surface area contributed by atoms with Gasteiger partial charge in [-0.2, -0.15) is 5.10 Å². The fourth-order valence-corrected chi connectivity index (χ4v) is 3.29. The molecular formula is C22H19N7O9. The van der Waals surface area contributed by atoms with Gasteiger partial charge in [0.2, 0.25) is 5.78 Å². The zero-order chi connectivity index (χ0) is 28.0. The summed E-state index contributed by atoms with van der Waals surface area (Å²) in [6.45, 7) is 0. The lowest BCUT2D eigenvalue weighted by atomic mass is 9.93. The van der Waals surface area contributed by atoms with Gasteiger partial charge in [0.05, 0.1) is 35.9 Å². The maximum absolute atomic E-state index is 13.4. The van der Waals surface area contributed by atoms with Gasteiger partial charge in [-0.3, -0.25) is 24.5 Å². The van der Waals surface area contributed by atoms with E-state index in [0.717, 1.165) is 19.2 Å². The van der Waals surface area contributed by atoms with Crippen molar-refractivity contribution in [2.45, 2.75) is 5.92 Å². The number of nitrogens with one attached hydrogen (secondary N) is 3. The molecule has 3 aromatic rings. The molecule has 0 aliphatic rings. The number of ether oxygens (including phenoxy) is 2. The van der Waals surface area contributed by atoms with Gasteiger partial charge in [-0.1, -0.05) is 12.1 Å². The molecule has 1 aromatic heterocycles. The molecule has 0 saturated carbocycles. The second-order valence-corrected chi connectivity index (χ2v) is 7.33. The number of hydrogen-bond donors (Lipinski definition) is 4. The van der Waals surface area contributed by atoms with Crippen molar-refractivity contribution in [2.24, 2.45) is 10.8 Å². The molecule has 5 N–H and O–H groups in total. The number of H-pyrrole nitrogens is 1. The third-order valence-electron chi connectivity index (χ3n) is 4.98. The molecule has 0 radical (unpaired) electrons. The molecule has 196 valence electrons. The van der Waals surface area contributed by atoms with Crippen LogP contribution in [0.25, 0.3) is 11.0 Å². The van der Waals surface area contributed by atoms with Crippen LogP contribution in [0.4, 0.5) is 16.2 Å². The fraction of sp³-hybridized carbons (Fsp3) is 0.136. The first-order valence-corrected chi connectivity index (χ1v) is 10.4. The Labute approximate surface area is 212 Å². The van der Waals surface area contributed by atoms with Crippen molar-refractivity contribution in [3.05, 3.63) is 68.6 Å². The number of nitro groups is 1. The number of nitrogens with zero attached hydrogens (tertiary/aromatic N) is 3. The van der Waals surface area contributed by atoms with Gasteiger partial charge in [0.25, 0.3) is 17.2 Å². The number of esters is 1. The van der Waals surface area contributed by atoms with Crippen LogP contribution in [0.1, 0.15) is 11.6 Å². The number of urea groups is 1. The van der Waals surface area contributed by atoms with Crippen LogP contribution in [0.2, 0.25) is 0 Å². The van der Waals surface area contributed by atoms with E-state index >= 15 is 0 Å². The second-order valence-electron chi connectivity index (χ2n) is 7.33. The molecule has 1 unspecified atom stereocenters. The molecule has 16 nitrogen and oxygen atoms in total. The highest BCUT2D eigenvalue weighted by molar-refractivity contribution is 6.53. The van der Waals surface area contributed by atoms with Crippen molar-refractivity contribution in [1.82, 2.24) is 15.4 Å². The number of carbonyl (C=O) groups excluding carboxylic acids is 4. The number of amides is 3. The van der Waals surface area contributed by atoms with Gasteiger partial charge < -0.3 is 25.5 Å². The molecule has 3 rings (SSSR count). The lowest BCUT2D eigenvalue weighted by Gasteiger charge is -2.16. The molecule has 0 aliphatic heterocycles. The highest BCUT2D eigenvalue weighted by atomic mass is 16.6. The van der Waals surface area contributed by atoms with E-state index in [2.05, 4.69) is 25.1 Å². The first-order chi connectivity index (χ1) is 18.1. The van der Waals surface area contributed by atoms with Crippen molar-refractivity contribution in [1.29, 1.82) is 0 Å². The summed E-state index contributed by atoms with van der Waals surface area (Å²) in [6.07, 6.45) is 0. The van der Waals surface area contributed by atoms with Crippen molar-refractivity contribution in [2.75, 3.05) is 19.5 Å². The molecule has 1 atom stereocenters. The minimum Gasteiger partial charge on any atom is -0.495 e. The molecule has 38 heavy (non-hydrogen) atoms. The molecule has 0 spiro atoms. The summed E-state index contributed by atoms with van der Waals surface area (Å²) in [4.78, 5) is 80.0. The Hall–Kier alpha value is -5.67. The summed E-state index contributed by atoms with van der Waals surface area (Å²) in [7, 11) is 2.26. The fourth-order valence-electron chi connectivity index (χ4n) is 3.29. The summed E-state index contributed by atoms with van der Waals surface area (Å²) < 4.78 is 9.75. The van der Waals surface area contributed by atoms with Crippen LogP contribution >= 0.6 is 0 Å². The number of hydrogen-bond acceptors (Lipinski definition) is 11. The number of nitrogens with two attached hydrogens (primary N) is 1. The zero-order valence-electron chi connectivity index (χ0n) is 19.7. The molecule has 0 bridgehead atoms. The number of carbonyl (C=O) groups is 4. The Kier molecular flexibility index (Phi) is 8.06. The minimum absolute atomic E-state index is 0.0276. The normalized spacial score (nSPS) is 11.8. The Balaban J connectivity index is 2.19. The first kappa shape index (κ1) is 26.9. The summed E-state index contributed by atoms with van der Waals surface area (Å²) in [5.74, 6) is -5.91. The first-order valence-electron chi connectivity index (χ1n) is 10.4. The summed E-state index contributed by atoms with van der Waals surface area (Å²) in [6, 6.07) is 8.16. The Bertz CT molecular complexity index is 1550. The standard InChI is InChI=1S/C22H19N7O9/c1-37-14-6-4-3-5-12(14)25-20(32)18(30)15(17(21(33)38-2)27-28-22(23)34)16-19(31)26-13-9-10(29(35)36)7-8-11(13)24-16/h3-9,15H,1-2H3,(H,25,32)(H,26,31)(H3,23,28,34)/b27-17-. The number of aromatic nitrogens is 2. The molecule has 16 heteroatoms. The van der Waals surface area contributed by atoms with Gasteiger partial charge in [0.1, 0.15) is 17.4 Å². The number of anilines is 1. The van der Waals surface area contributed by atoms with Crippen LogP contribution in [0.15, 0.2) is 52.4 Å². The number of nitro benzene ring substituents is 1. The van der Waals surface area contributed by atoms with E-state index in [0.29, 0.717) is 0 Å². The molecule has 0 aliphatic carbocycles. The van der Waals surface area contributed by atoms with Gasteiger partial charge >= 0.3 is 12.0 Å². The van der Waals surface area contributed by atoms with E-state index in [1.807, 2.05) is 0 Å². The highest BCUT2D eigenvalue weighted by Gasteiger charge is 2.39. The monoisotopic (exact) mass is 525 g/mol. The molecule has 0 saturated heterocycles. The second kappa shape index (κ2) is 11.4. The van der Waals surface area contributed by atoms with Crippen molar-refractivity contribution < 1.29 is 33.6 Å². The average molecular weight is 525 g/mol. The number of non-ortho nitro benzene ring substituents is 1. The maximum atomic E-state index is 13.4. The van der Waals surface area contributed by atoms with Gasteiger partial charge in [-0.05, 0) is 18.2 Å². The van der Waals surface area contributed by atoms with Crippen LogP contribution in [0.3, 0.4) is 0 Å². The van der Waals surface area contributed by atoms with E-state index in [4.69, 9.17) is 10.5 Å². The van der Waals surface area contributed by atoms with Gasteiger partial charge in [0, 0.05) is 12.1 Å². The van der Waals surface area contributed by atoms with Gasteiger partial charge in [-0.25, -0.2) is 20.0 Å². The summed E-state index contributed by atoms with van der Waals surface area (Å²) >= 11 is 0. The average Bonchev–Trinajstić information content (AvgIpc) is 2.89. The number of methoxy groups -OCH3 is 2. The number of para-hydroxylation sites is 2. The summed E-state index contributed by atoms with van der Waals surface area (Å²) in [5.41, 5.74) is 3.73. The van der Waals surface area contributed by atoms with E-state index < -0.39 is 51.5 Å². The molecule has 3 amide bonds. The zero-order valence-corrected chi connectivity index (χ0v) is 19.7. The Morgan fingerprint density at radius 1 is 1.16 bits per heavy atom. The number of hydrazone groups is 1. The van der Waals surface area contributed by atoms with Crippen LogP contribution in [-0.2, 0) is 19.1 Å². The third kappa shape index (κ3) is 5.76. The molecular weight excluding hydrogens is 506 g/mol. The lowest BCUT2D eigenvalue weighted by Crippen LogP contribution is -2.41. The van der Waals surface area contributed by atoms with Crippen LogP contribution in [0.5, 0.6) is 5.75 Å². The molecule has 2 aromatic carbocycles. The number of ketones is 1. The van der Waals surface area contributed by atoms with Crippen LogP contribution in [0, 0.1) is 10.1 Å². The number of rotatable bonds is 9. The quantitative estimate of drug-likeness (QED) is 0.0981. The smallest absolute Gasteiger partial charge is 0.355 e. The SMILES string of the molecule is COC(=O)/C(=N\NC(N)=O)C(C(=O)C(=O)Nc1ccccc1OC)c1nc2ccc([N+](=O)[O-])cc2[nH]c1=O. The van der Waals surface area contributed by atoms with E-state index in [1.165, 1.54) is 25.3 Å². The molecule has 0 fully saturated rings.